The van der Waals surface area contributed by atoms with Gasteiger partial charge in [-0.15, -0.1) is 0 Å². The van der Waals surface area contributed by atoms with Gasteiger partial charge in [-0.1, -0.05) is 45.0 Å². The van der Waals surface area contributed by atoms with E-state index in [1.165, 1.54) is 45.1 Å². The Morgan fingerprint density at radius 1 is 1.05 bits per heavy atom. The van der Waals surface area contributed by atoms with Crippen LogP contribution in [0, 0.1) is 11.3 Å². The summed E-state index contributed by atoms with van der Waals surface area (Å²) in [5, 5.41) is 3.76. The lowest BCUT2D eigenvalue weighted by molar-refractivity contribution is 0.168. The Morgan fingerprint density at radius 3 is 2.32 bits per heavy atom. The van der Waals surface area contributed by atoms with Crippen LogP contribution < -0.4 is 5.32 Å². The van der Waals surface area contributed by atoms with Crippen LogP contribution >= 0.6 is 0 Å². The molecule has 1 saturated heterocycles. The SMILES string of the molecule is CC1(c2ccccc2C2CCC(C(C)(C)C)CC2)CCCN1. The Hall–Kier alpha value is -0.820. The predicted octanol–water partition coefficient (Wildman–Crippen LogP) is 5.61. The highest BCUT2D eigenvalue weighted by molar-refractivity contribution is 5.37. The molecule has 0 spiro atoms. The second-order valence-corrected chi connectivity index (χ2v) is 8.86. The summed E-state index contributed by atoms with van der Waals surface area (Å²) in [7, 11) is 0. The van der Waals surface area contributed by atoms with Crippen LogP contribution in [0.5, 0.6) is 0 Å². The molecular weight excluding hydrogens is 266 g/mol. The third-order valence-corrected chi connectivity index (χ3v) is 6.32. The molecule has 122 valence electrons. The van der Waals surface area contributed by atoms with Crippen LogP contribution in [0.3, 0.4) is 0 Å². The normalized spacial score (nSPS) is 33.1. The van der Waals surface area contributed by atoms with Gasteiger partial charge in [-0.25, -0.2) is 0 Å². The van der Waals surface area contributed by atoms with Crippen LogP contribution in [0.1, 0.15) is 83.3 Å². The first kappa shape index (κ1) is 16.1. The molecule has 1 aliphatic carbocycles. The smallest absolute Gasteiger partial charge is 0.0409 e. The molecule has 1 aliphatic heterocycles. The molecule has 0 amide bonds. The van der Waals surface area contributed by atoms with Crippen LogP contribution in [-0.2, 0) is 5.54 Å². The van der Waals surface area contributed by atoms with Gasteiger partial charge < -0.3 is 5.32 Å². The highest BCUT2D eigenvalue weighted by atomic mass is 15.0. The Kier molecular flexibility index (Phi) is 4.38. The lowest BCUT2D eigenvalue weighted by Crippen LogP contribution is -2.35. The third-order valence-electron chi connectivity index (χ3n) is 6.32. The predicted molar refractivity (Wildman–Crippen MR) is 95.2 cm³/mol. The average molecular weight is 300 g/mol. The van der Waals surface area contributed by atoms with Crippen molar-refractivity contribution >= 4 is 0 Å². The number of nitrogens with one attached hydrogen (secondary N) is 1. The van der Waals surface area contributed by atoms with Crippen LogP contribution in [-0.4, -0.2) is 6.54 Å². The molecular formula is C21H33N. The molecule has 3 rings (SSSR count). The molecule has 1 unspecified atom stereocenters. The van der Waals surface area contributed by atoms with Crippen molar-refractivity contribution in [3.63, 3.8) is 0 Å². The summed E-state index contributed by atoms with van der Waals surface area (Å²) in [4.78, 5) is 0. The fraction of sp³-hybridized carbons (Fsp3) is 0.714. The van der Waals surface area contributed by atoms with E-state index in [1.54, 1.807) is 11.1 Å². The third kappa shape index (κ3) is 3.11. The summed E-state index contributed by atoms with van der Waals surface area (Å²) < 4.78 is 0. The van der Waals surface area contributed by atoms with E-state index in [9.17, 15) is 0 Å². The molecule has 0 radical (unpaired) electrons. The zero-order valence-corrected chi connectivity index (χ0v) is 14.9. The van der Waals surface area contributed by atoms with Gasteiger partial charge in [0.1, 0.15) is 0 Å². The van der Waals surface area contributed by atoms with E-state index >= 15 is 0 Å². The van der Waals surface area contributed by atoms with Crippen LogP contribution in [0.4, 0.5) is 0 Å². The first-order valence-electron chi connectivity index (χ1n) is 9.24. The monoisotopic (exact) mass is 299 g/mol. The van der Waals surface area contributed by atoms with E-state index in [0.29, 0.717) is 5.41 Å². The second-order valence-electron chi connectivity index (χ2n) is 8.86. The molecule has 1 atom stereocenters. The zero-order valence-electron chi connectivity index (χ0n) is 14.9. The summed E-state index contributed by atoms with van der Waals surface area (Å²) >= 11 is 0. The molecule has 1 heterocycles. The lowest BCUT2D eigenvalue weighted by Gasteiger charge is -2.39. The van der Waals surface area contributed by atoms with E-state index in [2.05, 4.69) is 57.3 Å². The second kappa shape index (κ2) is 6.00. The maximum absolute atomic E-state index is 3.76. The number of benzene rings is 1. The average Bonchev–Trinajstić information content (AvgIpc) is 2.95. The van der Waals surface area contributed by atoms with Gasteiger partial charge in [-0.05, 0) is 80.4 Å². The summed E-state index contributed by atoms with van der Waals surface area (Å²) in [5.74, 6) is 1.67. The fourth-order valence-corrected chi connectivity index (χ4v) is 4.75. The highest BCUT2D eigenvalue weighted by Gasteiger charge is 2.35. The molecule has 1 saturated carbocycles. The minimum absolute atomic E-state index is 0.206. The first-order chi connectivity index (χ1) is 10.4. The standard InChI is InChI=1S/C21H33N/c1-20(2,3)17-12-10-16(11-13-17)18-8-5-6-9-19(18)21(4)14-7-15-22-21/h5-6,8-9,16-17,22H,7,10-15H2,1-4H3. The van der Waals surface area contributed by atoms with Crippen molar-refractivity contribution < 1.29 is 0 Å². The number of hydrogen-bond acceptors (Lipinski definition) is 1. The topological polar surface area (TPSA) is 12.0 Å². The molecule has 1 nitrogen and oxygen atoms in total. The van der Waals surface area contributed by atoms with Crippen LogP contribution in [0.15, 0.2) is 24.3 Å². The van der Waals surface area contributed by atoms with E-state index in [1.807, 2.05) is 0 Å². The minimum Gasteiger partial charge on any atom is -0.308 e. The van der Waals surface area contributed by atoms with Gasteiger partial charge in [-0.2, -0.15) is 0 Å². The summed E-state index contributed by atoms with van der Waals surface area (Å²) in [6.07, 6.45) is 8.12. The van der Waals surface area contributed by atoms with Crippen LogP contribution in [0.2, 0.25) is 0 Å². The highest BCUT2D eigenvalue weighted by Crippen LogP contribution is 2.45. The maximum atomic E-state index is 3.76. The molecule has 0 aromatic heterocycles. The van der Waals surface area contributed by atoms with Gasteiger partial charge in [0.05, 0.1) is 0 Å². The molecule has 1 heteroatoms. The van der Waals surface area contributed by atoms with Crippen molar-refractivity contribution in [3.8, 4) is 0 Å². The van der Waals surface area contributed by atoms with Gasteiger partial charge in [0, 0.05) is 5.54 Å². The van der Waals surface area contributed by atoms with Crippen molar-refractivity contribution in [2.45, 2.75) is 77.7 Å². The minimum atomic E-state index is 0.206. The molecule has 2 aliphatic rings. The summed E-state index contributed by atoms with van der Waals surface area (Å²) in [6.45, 7) is 10.8. The molecule has 1 aromatic carbocycles. The van der Waals surface area contributed by atoms with E-state index in [-0.39, 0.29) is 5.54 Å². The van der Waals surface area contributed by atoms with Crippen LogP contribution in [0.25, 0.3) is 0 Å². The first-order valence-corrected chi connectivity index (χ1v) is 9.24. The van der Waals surface area contributed by atoms with Gasteiger partial charge in [0.15, 0.2) is 0 Å². The number of hydrogen-bond donors (Lipinski definition) is 1. The van der Waals surface area contributed by atoms with E-state index in [4.69, 9.17) is 0 Å². The van der Waals surface area contributed by atoms with Gasteiger partial charge >= 0.3 is 0 Å². The van der Waals surface area contributed by atoms with E-state index < -0.39 is 0 Å². The summed E-state index contributed by atoms with van der Waals surface area (Å²) in [6, 6.07) is 9.25. The molecule has 0 bridgehead atoms. The van der Waals surface area contributed by atoms with Gasteiger partial charge in [0.2, 0.25) is 0 Å². The molecule has 22 heavy (non-hydrogen) atoms. The van der Waals surface area contributed by atoms with Gasteiger partial charge in [-0.3, -0.25) is 0 Å². The lowest BCUT2D eigenvalue weighted by atomic mass is 9.67. The van der Waals surface area contributed by atoms with E-state index in [0.717, 1.165) is 11.8 Å². The Labute approximate surface area is 136 Å². The van der Waals surface area contributed by atoms with Gasteiger partial charge in [0.25, 0.3) is 0 Å². The van der Waals surface area contributed by atoms with Crippen molar-refractivity contribution in [2.75, 3.05) is 6.54 Å². The Morgan fingerprint density at radius 2 is 1.73 bits per heavy atom. The molecule has 1 N–H and O–H groups in total. The zero-order chi connectivity index (χ0) is 15.8. The van der Waals surface area contributed by atoms with Crippen molar-refractivity contribution in [1.82, 2.24) is 5.32 Å². The maximum Gasteiger partial charge on any atom is 0.0409 e. The van der Waals surface area contributed by atoms with Crippen molar-refractivity contribution in [2.24, 2.45) is 11.3 Å². The molecule has 1 aromatic rings. The van der Waals surface area contributed by atoms with Crippen molar-refractivity contribution in [1.29, 1.82) is 0 Å². The largest absolute Gasteiger partial charge is 0.308 e. The molecule has 2 fully saturated rings. The number of rotatable bonds is 2. The summed E-state index contributed by atoms with van der Waals surface area (Å²) in [5.41, 5.74) is 3.89. The fourth-order valence-electron chi connectivity index (χ4n) is 4.75. The van der Waals surface area contributed by atoms with Crippen molar-refractivity contribution in [3.05, 3.63) is 35.4 Å². The quantitative estimate of drug-likeness (QED) is 0.749. The Bertz CT molecular complexity index is 497. The Balaban J connectivity index is 1.79.